The van der Waals surface area contributed by atoms with E-state index in [4.69, 9.17) is 15.0 Å². The van der Waals surface area contributed by atoms with E-state index in [1.807, 2.05) is 47.7 Å². The summed E-state index contributed by atoms with van der Waals surface area (Å²) >= 11 is 1.83. The van der Waals surface area contributed by atoms with Crippen LogP contribution in [0.15, 0.2) is 194 Å². The number of aromatic nitrogens is 4. The minimum atomic E-state index is 0.630. The summed E-state index contributed by atoms with van der Waals surface area (Å²) in [5.41, 5.74) is 8.44. The Hall–Kier alpha value is -7.47. The lowest BCUT2D eigenvalue weighted by atomic mass is 9.94. The predicted molar refractivity (Wildman–Crippen MR) is 244 cm³/mol. The molecule has 58 heavy (non-hydrogen) atoms. The van der Waals surface area contributed by atoms with Crippen molar-refractivity contribution in [3.05, 3.63) is 194 Å². The summed E-state index contributed by atoms with van der Waals surface area (Å²) in [6.45, 7) is 0. The number of thiophene rings is 1. The van der Waals surface area contributed by atoms with Crippen LogP contribution in [0.2, 0.25) is 0 Å². The molecule has 0 fully saturated rings. The number of fused-ring (bicyclic) bond motifs is 9. The highest BCUT2D eigenvalue weighted by Crippen LogP contribution is 2.45. The van der Waals surface area contributed by atoms with Crippen molar-refractivity contribution in [2.45, 2.75) is 0 Å². The van der Waals surface area contributed by atoms with Crippen LogP contribution in [0.4, 0.5) is 0 Å². The molecule has 0 aliphatic carbocycles. The smallest absolute Gasteiger partial charge is 0.164 e. The van der Waals surface area contributed by atoms with Gasteiger partial charge in [-0.3, -0.25) is 0 Å². The molecule has 0 N–H and O–H groups in total. The highest BCUT2D eigenvalue weighted by Gasteiger charge is 2.22. The van der Waals surface area contributed by atoms with E-state index in [0.717, 1.165) is 33.5 Å². The van der Waals surface area contributed by atoms with Crippen molar-refractivity contribution in [3.63, 3.8) is 0 Å². The van der Waals surface area contributed by atoms with E-state index in [1.165, 1.54) is 63.5 Å². The number of nitrogens with zero attached hydrogens (tertiary/aromatic N) is 4. The molecule has 0 aliphatic heterocycles. The first kappa shape index (κ1) is 32.7. The lowest BCUT2D eigenvalue weighted by Crippen LogP contribution is -2.02. The van der Waals surface area contributed by atoms with Crippen LogP contribution in [0.5, 0.6) is 0 Å². The molecule has 0 atom stereocenters. The van der Waals surface area contributed by atoms with Crippen LogP contribution in [0.25, 0.3) is 115 Å². The van der Waals surface area contributed by atoms with Gasteiger partial charge in [0.15, 0.2) is 17.5 Å². The molecular formula is C53H32N4S. The van der Waals surface area contributed by atoms with E-state index < -0.39 is 0 Å². The van der Waals surface area contributed by atoms with Gasteiger partial charge in [-0.15, -0.1) is 11.3 Å². The van der Waals surface area contributed by atoms with Gasteiger partial charge in [-0.1, -0.05) is 146 Å². The SMILES string of the molecule is c1ccc(-c2nc(-c3ccccc3)nc(-c3ccc(-n4c5cc6ccccc6cc5c5c6ccccc6ccc54)cc3-c3cccc4sc5ccccc5c34)n2)cc1. The van der Waals surface area contributed by atoms with Gasteiger partial charge in [0.1, 0.15) is 0 Å². The fourth-order valence-corrected chi connectivity index (χ4v) is 9.90. The van der Waals surface area contributed by atoms with Gasteiger partial charge in [0.2, 0.25) is 0 Å². The van der Waals surface area contributed by atoms with Crippen LogP contribution in [-0.2, 0) is 0 Å². The number of hydrogen-bond acceptors (Lipinski definition) is 4. The summed E-state index contributed by atoms with van der Waals surface area (Å²) in [5, 5.41) is 9.89. The zero-order valence-corrected chi connectivity index (χ0v) is 32.0. The Morgan fingerprint density at radius 1 is 0.345 bits per heavy atom. The molecule has 4 nitrogen and oxygen atoms in total. The third-order valence-corrected chi connectivity index (χ3v) is 12.6. The van der Waals surface area contributed by atoms with Crippen molar-refractivity contribution >= 4 is 74.9 Å². The molecule has 270 valence electrons. The zero-order valence-electron chi connectivity index (χ0n) is 31.2. The van der Waals surface area contributed by atoms with Gasteiger partial charge in [-0.2, -0.15) is 0 Å². The van der Waals surface area contributed by atoms with Crippen LogP contribution in [-0.4, -0.2) is 19.5 Å². The maximum atomic E-state index is 5.25. The minimum absolute atomic E-state index is 0.630. The molecule has 3 heterocycles. The first-order valence-corrected chi connectivity index (χ1v) is 20.3. The Bertz CT molecular complexity index is 3510. The molecule has 0 unspecified atom stereocenters. The van der Waals surface area contributed by atoms with Crippen molar-refractivity contribution in [1.82, 2.24) is 19.5 Å². The van der Waals surface area contributed by atoms with Crippen molar-refractivity contribution in [2.24, 2.45) is 0 Å². The average Bonchev–Trinajstić information content (AvgIpc) is 3.84. The van der Waals surface area contributed by atoms with Crippen molar-refractivity contribution in [2.75, 3.05) is 0 Å². The Morgan fingerprint density at radius 3 is 1.72 bits per heavy atom. The summed E-state index contributed by atoms with van der Waals surface area (Å²) in [6.07, 6.45) is 0. The predicted octanol–water partition coefficient (Wildman–Crippen LogP) is 14.3. The number of hydrogen-bond donors (Lipinski definition) is 0. The van der Waals surface area contributed by atoms with Gasteiger partial charge in [0.05, 0.1) is 11.0 Å². The second-order valence-corrected chi connectivity index (χ2v) is 15.9. The molecule has 0 spiro atoms. The fraction of sp³-hybridized carbons (Fsp3) is 0. The van der Waals surface area contributed by atoms with Crippen molar-refractivity contribution < 1.29 is 0 Å². The Morgan fingerprint density at radius 2 is 0.966 bits per heavy atom. The quantitative estimate of drug-likeness (QED) is 0.176. The van der Waals surface area contributed by atoms with Gasteiger partial charge >= 0.3 is 0 Å². The molecule has 5 heteroatoms. The number of benzene rings is 9. The lowest BCUT2D eigenvalue weighted by Gasteiger charge is -2.16. The normalized spacial score (nSPS) is 11.8. The van der Waals surface area contributed by atoms with E-state index in [1.54, 1.807) is 0 Å². The van der Waals surface area contributed by atoms with Gasteiger partial charge in [0.25, 0.3) is 0 Å². The maximum absolute atomic E-state index is 5.25. The Labute approximate surface area is 338 Å². The monoisotopic (exact) mass is 756 g/mol. The number of rotatable bonds is 5. The third-order valence-electron chi connectivity index (χ3n) is 11.4. The third kappa shape index (κ3) is 5.18. The topological polar surface area (TPSA) is 43.6 Å². The maximum Gasteiger partial charge on any atom is 0.164 e. The summed E-state index contributed by atoms with van der Waals surface area (Å²) < 4.78 is 4.96. The molecule has 0 saturated carbocycles. The van der Waals surface area contributed by atoms with E-state index in [0.29, 0.717) is 17.5 Å². The molecule has 12 aromatic rings. The largest absolute Gasteiger partial charge is 0.309 e. The molecule has 0 radical (unpaired) electrons. The summed E-state index contributed by atoms with van der Waals surface area (Å²) in [7, 11) is 0. The first-order chi connectivity index (χ1) is 28.7. The molecule has 9 aromatic carbocycles. The van der Waals surface area contributed by atoms with Crippen LogP contribution >= 0.6 is 11.3 Å². The average molecular weight is 757 g/mol. The van der Waals surface area contributed by atoms with E-state index in [9.17, 15) is 0 Å². The molecule has 12 rings (SSSR count). The Balaban J connectivity index is 1.19. The zero-order chi connectivity index (χ0) is 38.2. The highest BCUT2D eigenvalue weighted by atomic mass is 32.1. The fourth-order valence-electron chi connectivity index (χ4n) is 8.77. The van der Waals surface area contributed by atoms with E-state index in [2.05, 4.69) is 162 Å². The molecule has 0 amide bonds. The van der Waals surface area contributed by atoms with Gasteiger partial charge in [-0.25, -0.2) is 15.0 Å². The molecular weight excluding hydrogens is 725 g/mol. The second kappa shape index (κ2) is 13.1. The summed E-state index contributed by atoms with van der Waals surface area (Å²) in [4.78, 5) is 15.5. The van der Waals surface area contributed by atoms with Gasteiger partial charge in [-0.05, 0) is 81.2 Å². The minimum Gasteiger partial charge on any atom is -0.309 e. The molecule has 0 aliphatic rings. The van der Waals surface area contributed by atoms with Crippen LogP contribution in [0.1, 0.15) is 0 Å². The second-order valence-electron chi connectivity index (χ2n) is 14.8. The van der Waals surface area contributed by atoms with E-state index >= 15 is 0 Å². The van der Waals surface area contributed by atoms with Gasteiger partial charge in [0, 0.05) is 53.3 Å². The van der Waals surface area contributed by atoms with Crippen LogP contribution in [0, 0.1) is 0 Å². The summed E-state index contributed by atoms with van der Waals surface area (Å²) in [6, 6.07) is 69.3. The van der Waals surface area contributed by atoms with Crippen LogP contribution < -0.4 is 0 Å². The Kier molecular flexibility index (Phi) is 7.37. The highest BCUT2D eigenvalue weighted by molar-refractivity contribution is 7.25. The lowest BCUT2D eigenvalue weighted by molar-refractivity contribution is 1.07. The van der Waals surface area contributed by atoms with E-state index in [-0.39, 0.29) is 0 Å². The molecule has 0 saturated heterocycles. The summed E-state index contributed by atoms with van der Waals surface area (Å²) in [5.74, 6) is 1.91. The molecule has 0 bridgehead atoms. The van der Waals surface area contributed by atoms with Crippen molar-refractivity contribution in [1.29, 1.82) is 0 Å². The van der Waals surface area contributed by atoms with Crippen LogP contribution in [0.3, 0.4) is 0 Å². The standard InChI is InChI=1S/C53H32N4S/c1-3-15-34(16-4-1)51-54-52(35-17-5-2-6-18-35)56-53(55-51)41-28-27-38(32-43(41)40-23-13-25-48-50(40)42-22-11-12-24-47(42)58-48)57-45-29-26-33-14-9-10-21-39(33)49(45)44-30-36-19-7-8-20-37(36)31-46(44)57/h1-32H. The first-order valence-electron chi connectivity index (χ1n) is 19.5. The van der Waals surface area contributed by atoms with Gasteiger partial charge < -0.3 is 4.57 Å². The van der Waals surface area contributed by atoms with Crippen molar-refractivity contribution in [3.8, 4) is 51.0 Å². The molecule has 3 aromatic heterocycles.